The number of para-hydroxylation sites is 1. The van der Waals surface area contributed by atoms with E-state index in [4.69, 9.17) is 9.47 Å². The highest BCUT2D eigenvalue weighted by molar-refractivity contribution is 5.78. The maximum Gasteiger partial charge on any atom is 0.260 e. The molecule has 0 bridgehead atoms. The number of fused-ring (bicyclic) bond motifs is 2. The smallest absolute Gasteiger partial charge is 0.260 e. The van der Waals surface area contributed by atoms with Crippen molar-refractivity contribution < 1.29 is 14.3 Å². The van der Waals surface area contributed by atoms with E-state index in [0.717, 1.165) is 30.7 Å². The molecule has 0 N–H and O–H groups in total. The van der Waals surface area contributed by atoms with Crippen molar-refractivity contribution in [2.75, 3.05) is 13.2 Å². The zero-order valence-corrected chi connectivity index (χ0v) is 14.7. The van der Waals surface area contributed by atoms with Crippen LogP contribution in [0.5, 0.6) is 11.5 Å². The lowest BCUT2D eigenvalue weighted by Gasteiger charge is -2.29. The number of hydrogen-bond donors (Lipinski definition) is 0. The Kier molecular flexibility index (Phi) is 3.91. The van der Waals surface area contributed by atoms with E-state index < -0.39 is 0 Å². The van der Waals surface area contributed by atoms with Crippen LogP contribution in [0.3, 0.4) is 0 Å². The van der Waals surface area contributed by atoms with Crippen molar-refractivity contribution in [2.24, 2.45) is 0 Å². The number of carbonyl (C=O) groups is 1. The lowest BCUT2D eigenvalue weighted by molar-refractivity contribution is -0.134. The molecule has 0 aliphatic carbocycles. The Hall–Kier alpha value is -2.49. The van der Waals surface area contributed by atoms with Gasteiger partial charge >= 0.3 is 0 Å². The molecule has 2 aromatic rings. The van der Waals surface area contributed by atoms with Crippen LogP contribution in [0.25, 0.3) is 0 Å². The first-order chi connectivity index (χ1) is 12.0. The minimum atomic E-state index is -0.220. The Labute approximate surface area is 148 Å². The number of rotatable bonds is 3. The molecule has 0 unspecified atom stereocenters. The summed E-state index contributed by atoms with van der Waals surface area (Å²) in [5.41, 5.74) is 3.49. The summed E-state index contributed by atoms with van der Waals surface area (Å²) in [6.07, 6.45) is 1.76. The van der Waals surface area contributed by atoms with Crippen molar-refractivity contribution in [3.05, 3.63) is 59.2 Å². The van der Waals surface area contributed by atoms with Gasteiger partial charge in [0.1, 0.15) is 5.60 Å². The van der Waals surface area contributed by atoms with Crippen molar-refractivity contribution in [1.29, 1.82) is 0 Å². The third-order valence-electron chi connectivity index (χ3n) is 4.89. The molecule has 0 fully saturated rings. The standard InChI is InChI=1S/C21H23NO3/c1-21(2)12-16-8-5-9-18(20(16)25-21)24-14-19(23)22-11-10-15-6-3-4-7-17(15)13-22/h3-9H,10-14H2,1-2H3. The number of ether oxygens (including phenoxy) is 2. The highest BCUT2D eigenvalue weighted by Crippen LogP contribution is 2.41. The van der Waals surface area contributed by atoms with Gasteiger partial charge in [-0.15, -0.1) is 0 Å². The van der Waals surface area contributed by atoms with Crippen LogP contribution < -0.4 is 9.47 Å². The summed E-state index contributed by atoms with van der Waals surface area (Å²) in [4.78, 5) is 14.4. The molecule has 4 nitrogen and oxygen atoms in total. The Balaban J connectivity index is 1.42. The van der Waals surface area contributed by atoms with E-state index in [1.165, 1.54) is 11.1 Å². The van der Waals surface area contributed by atoms with Crippen LogP contribution in [-0.4, -0.2) is 29.6 Å². The van der Waals surface area contributed by atoms with Gasteiger partial charge in [-0.2, -0.15) is 0 Å². The zero-order valence-electron chi connectivity index (χ0n) is 14.7. The summed E-state index contributed by atoms with van der Waals surface area (Å²) < 4.78 is 11.8. The fourth-order valence-corrected chi connectivity index (χ4v) is 3.64. The highest BCUT2D eigenvalue weighted by atomic mass is 16.5. The number of carbonyl (C=O) groups excluding carboxylic acids is 1. The van der Waals surface area contributed by atoms with E-state index in [0.29, 0.717) is 12.3 Å². The van der Waals surface area contributed by atoms with Crippen LogP contribution in [0.4, 0.5) is 0 Å². The Morgan fingerprint density at radius 3 is 2.72 bits per heavy atom. The largest absolute Gasteiger partial charge is 0.483 e. The lowest BCUT2D eigenvalue weighted by Crippen LogP contribution is -2.38. The predicted molar refractivity (Wildman–Crippen MR) is 95.9 cm³/mol. The second-order valence-corrected chi connectivity index (χ2v) is 7.41. The van der Waals surface area contributed by atoms with Crippen molar-refractivity contribution in [1.82, 2.24) is 4.90 Å². The fraction of sp³-hybridized carbons (Fsp3) is 0.381. The molecule has 0 saturated carbocycles. The quantitative estimate of drug-likeness (QED) is 0.862. The third kappa shape index (κ3) is 3.21. The number of hydrogen-bond acceptors (Lipinski definition) is 3. The van der Waals surface area contributed by atoms with Gasteiger partial charge in [-0.3, -0.25) is 4.79 Å². The van der Waals surface area contributed by atoms with Gasteiger partial charge in [-0.25, -0.2) is 0 Å². The molecule has 0 atom stereocenters. The predicted octanol–water partition coefficient (Wildman–Crippen LogP) is 3.36. The van der Waals surface area contributed by atoms with E-state index in [-0.39, 0.29) is 18.1 Å². The molecule has 1 amide bonds. The molecule has 2 aliphatic rings. The van der Waals surface area contributed by atoms with Gasteiger partial charge in [0.15, 0.2) is 18.1 Å². The van der Waals surface area contributed by atoms with Gasteiger partial charge < -0.3 is 14.4 Å². The van der Waals surface area contributed by atoms with Gasteiger partial charge in [-0.05, 0) is 37.5 Å². The zero-order chi connectivity index (χ0) is 17.4. The van der Waals surface area contributed by atoms with E-state index >= 15 is 0 Å². The van der Waals surface area contributed by atoms with Crippen molar-refractivity contribution in [2.45, 2.75) is 38.8 Å². The van der Waals surface area contributed by atoms with Gasteiger partial charge in [0.2, 0.25) is 0 Å². The highest BCUT2D eigenvalue weighted by Gasteiger charge is 2.32. The molecule has 0 saturated heterocycles. The summed E-state index contributed by atoms with van der Waals surface area (Å²) in [5, 5.41) is 0. The molecule has 2 heterocycles. The van der Waals surface area contributed by atoms with Crippen LogP contribution in [0, 0.1) is 0 Å². The van der Waals surface area contributed by atoms with Crippen LogP contribution in [0.2, 0.25) is 0 Å². The molecule has 2 aromatic carbocycles. The molecule has 0 radical (unpaired) electrons. The summed E-state index contributed by atoms with van der Waals surface area (Å²) >= 11 is 0. The third-order valence-corrected chi connectivity index (χ3v) is 4.89. The lowest BCUT2D eigenvalue weighted by atomic mass is 10.00. The molecular formula is C21H23NO3. The van der Waals surface area contributed by atoms with E-state index in [1.54, 1.807) is 0 Å². The van der Waals surface area contributed by atoms with Crippen LogP contribution >= 0.6 is 0 Å². The minimum Gasteiger partial charge on any atom is -0.483 e. The first kappa shape index (κ1) is 16.0. The fourth-order valence-electron chi connectivity index (χ4n) is 3.64. The summed E-state index contributed by atoms with van der Waals surface area (Å²) in [6, 6.07) is 14.2. The maximum absolute atomic E-state index is 12.6. The molecule has 0 spiro atoms. The molecule has 4 heteroatoms. The molecule has 130 valence electrons. The first-order valence-corrected chi connectivity index (χ1v) is 8.80. The Morgan fingerprint density at radius 1 is 1.12 bits per heavy atom. The Morgan fingerprint density at radius 2 is 1.88 bits per heavy atom. The van der Waals surface area contributed by atoms with Gasteiger partial charge in [0.05, 0.1) is 0 Å². The SMILES string of the molecule is CC1(C)Cc2cccc(OCC(=O)N3CCc4ccccc4C3)c2O1. The second-order valence-electron chi connectivity index (χ2n) is 7.41. The monoisotopic (exact) mass is 337 g/mol. The Bertz CT molecular complexity index is 813. The van der Waals surface area contributed by atoms with Gasteiger partial charge in [0.25, 0.3) is 5.91 Å². The van der Waals surface area contributed by atoms with Crippen molar-refractivity contribution in [3.63, 3.8) is 0 Å². The minimum absolute atomic E-state index is 0.0179. The van der Waals surface area contributed by atoms with Crippen molar-refractivity contribution in [3.8, 4) is 11.5 Å². The second kappa shape index (κ2) is 6.10. The van der Waals surface area contributed by atoms with Crippen molar-refractivity contribution >= 4 is 5.91 Å². The maximum atomic E-state index is 12.6. The average molecular weight is 337 g/mol. The van der Waals surface area contributed by atoms with E-state index in [9.17, 15) is 4.79 Å². The summed E-state index contributed by atoms with van der Waals surface area (Å²) in [6.45, 7) is 5.58. The van der Waals surface area contributed by atoms with E-state index in [2.05, 4.69) is 38.1 Å². The molecule has 2 aliphatic heterocycles. The first-order valence-electron chi connectivity index (χ1n) is 8.80. The van der Waals surface area contributed by atoms with Gasteiger partial charge in [-0.1, -0.05) is 36.4 Å². The van der Waals surface area contributed by atoms with Gasteiger partial charge in [0, 0.05) is 25.1 Å². The van der Waals surface area contributed by atoms with Crippen LogP contribution in [0.15, 0.2) is 42.5 Å². The molecular weight excluding hydrogens is 314 g/mol. The topological polar surface area (TPSA) is 38.8 Å². The molecule has 4 rings (SSSR count). The molecule has 0 aromatic heterocycles. The number of nitrogens with zero attached hydrogens (tertiary/aromatic N) is 1. The van der Waals surface area contributed by atoms with Crippen LogP contribution in [-0.2, 0) is 24.2 Å². The van der Waals surface area contributed by atoms with E-state index in [1.807, 2.05) is 23.1 Å². The number of amides is 1. The summed E-state index contributed by atoms with van der Waals surface area (Å²) in [7, 11) is 0. The molecule has 25 heavy (non-hydrogen) atoms. The average Bonchev–Trinajstić information content (AvgIpc) is 2.93. The summed E-state index contributed by atoms with van der Waals surface area (Å²) in [5.74, 6) is 1.46. The normalized spacial score (nSPS) is 17.4. The number of benzene rings is 2. The van der Waals surface area contributed by atoms with Crippen LogP contribution in [0.1, 0.15) is 30.5 Å².